The average Bonchev–Trinajstić information content (AvgIpc) is 3.20. The van der Waals surface area contributed by atoms with Crippen LogP contribution in [0.4, 0.5) is 18.0 Å². The van der Waals surface area contributed by atoms with Crippen molar-refractivity contribution in [2.24, 2.45) is 12.8 Å². The zero-order valence-corrected chi connectivity index (χ0v) is 15.1. The molecule has 0 spiro atoms. The summed E-state index contributed by atoms with van der Waals surface area (Å²) in [4.78, 5) is 13.5. The molecule has 0 saturated carbocycles. The van der Waals surface area contributed by atoms with Gasteiger partial charge < -0.3 is 15.2 Å². The van der Waals surface area contributed by atoms with E-state index >= 15 is 0 Å². The lowest BCUT2D eigenvalue weighted by Crippen LogP contribution is -2.46. The number of aryl methyl sites for hydroxylation is 1. The van der Waals surface area contributed by atoms with Gasteiger partial charge in [0.05, 0.1) is 18.5 Å². The number of nitrogens with zero attached hydrogens (tertiary/aromatic N) is 3. The topological polar surface area (TPSA) is 82.6 Å². The number of benzene rings is 1. The van der Waals surface area contributed by atoms with Gasteiger partial charge in [0.25, 0.3) is 0 Å². The predicted octanol–water partition coefficient (Wildman–Crippen LogP) is 2.15. The fourth-order valence-corrected chi connectivity index (χ4v) is 3.91. The van der Waals surface area contributed by atoms with Gasteiger partial charge >= 0.3 is 6.09 Å². The Bertz CT molecular complexity index is 920. The lowest BCUT2D eigenvalue weighted by Gasteiger charge is -2.39. The maximum absolute atomic E-state index is 14.2. The highest BCUT2D eigenvalue weighted by Gasteiger charge is 2.40. The second-order valence-corrected chi connectivity index (χ2v) is 7.05. The normalized spacial score (nSPS) is 24.9. The Kier molecular flexibility index (Phi) is 4.76. The molecule has 2 aliphatic rings. The van der Waals surface area contributed by atoms with Crippen LogP contribution in [0.5, 0.6) is 0 Å². The first-order chi connectivity index (χ1) is 13.3. The van der Waals surface area contributed by atoms with Crippen molar-refractivity contribution in [2.75, 3.05) is 6.61 Å². The monoisotopic (exact) mass is 396 g/mol. The molecule has 0 aliphatic carbocycles. The first-order valence-electron chi connectivity index (χ1n) is 8.79. The molecule has 10 heteroatoms. The molecule has 3 heterocycles. The Morgan fingerprint density at radius 3 is 2.71 bits per heavy atom. The third kappa shape index (κ3) is 3.33. The van der Waals surface area contributed by atoms with E-state index in [9.17, 15) is 18.0 Å². The zero-order chi connectivity index (χ0) is 20.0. The van der Waals surface area contributed by atoms with Gasteiger partial charge in [0.2, 0.25) is 0 Å². The minimum Gasteiger partial charge on any atom is -0.443 e. The van der Waals surface area contributed by atoms with Crippen molar-refractivity contribution in [1.82, 2.24) is 14.7 Å². The van der Waals surface area contributed by atoms with Gasteiger partial charge in [-0.05, 0) is 6.07 Å². The second kappa shape index (κ2) is 7.10. The van der Waals surface area contributed by atoms with Gasteiger partial charge in [-0.2, -0.15) is 5.10 Å². The van der Waals surface area contributed by atoms with E-state index in [0.29, 0.717) is 25.6 Å². The number of fused-ring (bicyclic) bond motifs is 1. The van der Waals surface area contributed by atoms with Crippen molar-refractivity contribution in [3.8, 4) is 0 Å². The third-order valence-corrected chi connectivity index (χ3v) is 5.31. The predicted molar refractivity (Wildman–Crippen MR) is 90.3 cm³/mol. The summed E-state index contributed by atoms with van der Waals surface area (Å²) in [5.41, 5.74) is 7.13. The number of ether oxygens (including phenoxy) is 2. The molecule has 1 aromatic heterocycles. The average molecular weight is 396 g/mol. The standard InChI is InChI=1S/C18H19F3N4O3/c1-24-15-7-25(6-9(15)5-23-24)10-2-16(28-18(22)26)17(27-8-10)11-3-13(20)14(21)4-12(11)19/h3-5,10,16-17H,2,6-8H2,1H3,(H2,22,26)/t10-,16-,17-/m0/s1. The van der Waals surface area contributed by atoms with Crippen LogP contribution in [0.3, 0.4) is 0 Å². The summed E-state index contributed by atoms with van der Waals surface area (Å²) >= 11 is 0. The zero-order valence-electron chi connectivity index (χ0n) is 15.1. The lowest BCUT2D eigenvalue weighted by atomic mass is 9.94. The molecule has 0 bridgehead atoms. The largest absolute Gasteiger partial charge is 0.443 e. The van der Waals surface area contributed by atoms with E-state index in [4.69, 9.17) is 15.2 Å². The molecule has 2 N–H and O–H groups in total. The molecule has 1 aromatic carbocycles. The summed E-state index contributed by atoms with van der Waals surface area (Å²) in [6.45, 7) is 1.52. The fraction of sp³-hybridized carbons (Fsp3) is 0.444. The van der Waals surface area contributed by atoms with E-state index in [0.717, 1.165) is 17.3 Å². The molecule has 0 radical (unpaired) electrons. The Morgan fingerprint density at radius 1 is 1.25 bits per heavy atom. The van der Waals surface area contributed by atoms with E-state index in [1.807, 2.05) is 7.05 Å². The van der Waals surface area contributed by atoms with Crippen molar-refractivity contribution in [1.29, 1.82) is 0 Å². The van der Waals surface area contributed by atoms with Gasteiger partial charge in [0, 0.05) is 49.8 Å². The number of nitrogens with two attached hydrogens (primary N) is 1. The van der Waals surface area contributed by atoms with Gasteiger partial charge in [-0.1, -0.05) is 0 Å². The Balaban J connectivity index is 1.55. The van der Waals surface area contributed by atoms with Crippen LogP contribution < -0.4 is 5.73 Å². The number of halogens is 3. The van der Waals surface area contributed by atoms with Crippen LogP contribution >= 0.6 is 0 Å². The molecule has 1 saturated heterocycles. The highest BCUT2D eigenvalue weighted by atomic mass is 19.2. The van der Waals surface area contributed by atoms with Crippen molar-refractivity contribution >= 4 is 6.09 Å². The molecule has 2 aliphatic heterocycles. The van der Waals surface area contributed by atoms with Crippen LogP contribution in [-0.4, -0.2) is 39.5 Å². The van der Waals surface area contributed by atoms with Crippen molar-refractivity contribution < 1.29 is 27.4 Å². The number of aromatic nitrogens is 2. The number of carbonyl (C=O) groups excluding carboxylic acids is 1. The van der Waals surface area contributed by atoms with Gasteiger partial charge in [0.15, 0.2) is 11.6 Å². The summed E-state index contributed by atoms with van der Waals surface area (Å²) in [7, 11) is 1.86. The van der Waals surface area contributed by atoms with Crippen LogP contribution in [0.1, 0.15) is 29.3 Å². The van der Waals surface area contributed by atoms with Crippen LogP contribution in [0.15, 0.2) is 18.3 Å². The number of amides is 1. The number of hydrogen-bond acceptors (Lipinski definition) is 5. The highest BCUT2D eigenvalue weighted by molar-refractivity contribution is 5.65. The molecule has 3 atom stereocenters. The van der Waals surface area contributed by atoms with Crippen molar-refractivity contribution in [2.45, 2.75) is 37.8 Å². The smallest absolute Gasteiger partial charge is 0.404 e. The number of carbonyl (C=O) groups is 1. The quantitative estimate of drug-likeness (QED) is 0.804. The minimum absolute atomic E-state index is 0.124. The van der Waals surface area contributed by atoms with Crippen LogP contribution in [-0.2, 0) is 29.6 Å². The number of hydrogen-bond donors (Lipinski definition) is 1. The molecule has 2 aromatic rings. The maximum Gasteiger partial charge on any atom is 0.404 e. The van der Waals surface area contributed by atoms with Crippen LogP contribution in [0.2, 0.25) is 0 Å². The van der Waals surface area contributed by atoms with Crippen LogP contribution in [0, 0.1) is 17.5 Å². The molecule has 1 fully saturated rings. The Hall–Kier alpha value is -2.59. The lowest BCUT2D eigenvalue weighted by molar-refractivity contribution is -0.114. The van der Waals surface area contributed by atoms with E-state index in [-0.39, 0.29) is 18.2 Å². The van der Waals surface area contributed by atoms with Crippen molar-refractivity contribution in [3.63, 3.8) is 0 Å². The Morgan fingerprint density at radius 2 is 2.00 bits per heavy atom. The van der Waals surface area contributed by atoms with Gasteiger partial charge in [-0.25, -0.2) is 18.0 Å². The van der Waals surface area contributed by atoms with E-state index in [2.05, 4.69) is 10.00 Å². The van der Waals surface area contributed by atoms with E-state index < -0.39 is 35.8 Å². The maximum atomic E-state index is 14.2. The fourth-order valence-electron chi connectivity index (χ4n) is 3.91. The van der Waals surface area contributed by atoms with Crippen LogP contribution in [0.25, 0.3) is 0 Å². The molecule has 0 unspecified atom stereocenters. The summed E-state index contributed by atoms with van der Waals surface area (Å²) < 4.78 is 53.8. The summed E-state index contributed by atoms with van der Waals surface area (Å²) in [5, 5.41) is 4.21. The summed E-state index contributed by atoms with van der Waals surface area (Å²) in [6, 6.07) is 1.05. The number of primary amides is 1. The first kappa shape index (κ1) is 18.8. The molecule has 7 nitrogen and oxygen atoms in total. The third-order valence-electron chi connectivity index (χ3n) is 5.31. The highest BCUT2D eigenvalue weighted by Crippen LogP contribution is 2.36. The molecule has 1 amide bonds. The first-order valence-corrected chi connectivity index (χ1v) is 8.79. The van der Waals surface area contributed by atoms with Gasteiger partial charge in [-0.15, -0.1) is 0 Å². The minimum atomic E-state index is -1.30. The Labute approximate surface area is 158 Å². The van der Waals surface area contributed by atoms with E-state index in [1.54, 1.807) is 10.9 Å². The molecule has 150 valence electrons. The number of rotatable bonds is 3. The van der Waals surface area contributed by atoms with E-state index in [1.165, 1.54) is 0 Å². The molecular formula is C18H19F3N4O3. The molecule has 4 rings (SSSR count). The van der Waals surface area contributed by atoms with Gasteiger partial charge in [0.1, 0.15) is 18.0 Å². The second-order valence-electron chi connectivity index (χ2n) is 7.05. The molecule has 28 heavy (non-hydrogen) atoms. The molecular weight excluding hydrogens is 377 g/mol. The summed E-state index contributed by atoms with van der Waals surface area (Å²) in [6.07, 6.45) is -0.942. The summed E-state index contributed by atoms with van der Waals surface area (Å²) in [5.74, 6) is -3.48. The van der Waals surface area contributed by atoms with Gasteiger partial charge in [-0.3, -0.25) is 9.58 Å². The SMILES string of the molecule is Cn1ncc2c1CN([C@@H]1CO[C@@H](c3cc(F)c(F)cc3F)[C@@H](OC(N)=O)C1)C2. The van der Waals surface area contributed by atoms with Crippen molar-refractivity contribution in [3.05, 3.63) is 52.6 Å².